The summed E-state index contributed by atoms with van der Waals surface area (Å²) in [5.41, 5.74) is 9.61. The van der Waals surface area contributed by atoms with Crippen molar-refractivity contribution in [2.24, 2.45) is 5.73 Å². The molecule has 0 aliphatic carbocycles. The molecule has 3 aromatic carbocycles. The SMILES string of the molecule is Cc1ccc(S(=O)(=O)On2c(-c3ccccc3)cc3cc(C#CCO[C@H]4C[C@H](N)[C@@H](O)[C@H](C)O4)ccc32)cc1. The maximum atomic E-state index is 13.2. The highest BCUT2D eigenvalue weighted by molar-refractivity contribution is 7.87. The smallest absolute Gasteiger partial charge is 0.357 e. The predicted octanol–water partition coefficient (Wildman–Crippen LogP) is 3.63. The van der Waals surface area contributed by atoms with Gasteiger partial charge in [0.1, 0.15) is 11.5 Å². The minimum Gasteiger partial charge on any atom is -0.389 e. The van der Waals surface area contributed by atoms with Crippen LogP contribution in [0.5, 0.6) is 0 Å². The number of aromatic nitrogens is 1. The highest BCUT2D eigenvalue weighted by atomic mass is 32.2. The summed E-state index contributed by atoms with van der Waals surface area (Å²) in [6.45, 7) is 3.78. The molecule has 1 aliphatic rings. The molecule has 5 rings (SSSR count). The van der Waals surface area contributed by atoms with Crippen LogP contribution in [0.3, 0.4) is 0 Å². The van der Waals surface area contributed by atoms with Crippen LogP contribution in [0.1, 0.15) is 24.5 Å². The number of fused-ring (bicyclic) bond motifs is 1. The molecule has 3 N–H and O–H groups in total. The van der Waals surface area contributed by atoms with Gasteiger partial charge in [0.2, 0.25) is 0 Å². The Morgan fingerprint density at radius 3 is 2.54 bits per heavy atom. The first-order valence-corrected chi connectivity index (χ1v) is 14.0. The van der Waals surface area contributed by atoms with Crippen LogP contribution >= 0.6 is 0 Å². The summed E-state index contributed by atoms with van der Waals surface area (Å²) in [6.07, 6.45) is -1.26. The summed E-state index contributed by atoms with van der Waals surface area (Å²) >= 11 is 0. The first-order valence-electron chi connectivity index (χ1n) is 12.6. The van der Waals surface area contributed by atoms with Gasteiger partial charge in [-0.3, -0.25) is 4.28 Å². The minimum absolute atomic E-state index is 0.0725. The molecule has 39 heavy (non-hydrogen) atoms. The molecular formula is C30H30N2O6S. The zero-order chi connectivity index (χ0) is 27.6. The average Bonchev–Trinajstić information content (AvgIpc) is 3.27. The fraction of sp³-hybridized carbons (Fsp3) is 0.267. The molecule has 0 bridgehead atoms. The van der Waals surface area contributed by atoms with Crippen LogP contribution < -0.4 is 10.0 Å². The van der Waals surface area contributed by atoms with E-state index in [4.69, 9.17) is 19.5 Å². The second kappa shape index (κ2) is 11.2. The van der Waals surface area contributed by atoms with E-state index < -0.39 is 34.7 Å². The van der Waals surface area contributed by atoms with Gasteiger partial charge in [0.25, 0.3) is 0 Å². The lowest BCUT2D eigenvalue weighted by Gasteiger charge is -2.35. The van der Waals surface area contributed by atoms with Crippen LogP contribution in [0.2, 0.25) is 0 Å². The molecule has 8 nitrogen and oxygen atoms in total. The minimum atomic E-state index is -4.09. The lowest BCUT2D eigenvalue weighted by Crippen LogP contribution is -2.51. The fourth-order valence-electron chi connectivity index (χ4n) is 4.47. The van der Waals surface area contributed by atoms with E-state index in [-0.39, 0.29) is 11.5 Å². The van der Waals surface area contributed by atoms with Crippen molar-refractivity contribution in [2.75, 3.05) is 6.61 Å². The topological polar surface area (TPSA) is 113 Å². The van der Waals surface area contributed by atoms with Crippen LogP contribution in [0.15, 0.2) is 83.8 Å². The van der Waals surface area contributed by atoms with Crippen LogP contribution in [-0.4, -0.2) is 49.4 Å². The Balaban J connectivity index is 1.41. The maximum absolute atomic E-state index is 13.2. The molecule has 1 aliphatic heterocycles. The number of benzene rings is 3. The van der Waals surface area contributed by atoms with Gasteiger partial charge in [-0.2, -0.15) is 13.1 Å². The standard InChI is InChI=1S/C30H30N2O6S/c1-20-10-13-25(14-11-20)39(34,35)38-32-27-15-12-22(17-24(27)18-28(32)23-8-4-3-5-9-23)7-6-16-36-29-19-26(31)30(33)21(2)37-29/h3-5,8-15,17-18,21,26,29-30,33H,16,19,31H2,1-2H3/t21-,26-,29+,30-/m0/s1. The first kappa shape index (κ1) is 26.9. The Labute approximate surface area is 228 Å². The van der Waals surface area contributed by atoms with E-state index in [1.165, 1.54) is 16.9 Å². The number of nitrogens with two attached hydrogens (primary N) is 1. The molecule has 4 atom stereocenters. The number of nitrogens with zero attached hydrogens (tertiary/aromatic N) is 1. The normalized spacial score (nSPS) is 21.3. The fourth-order valence-corrected chi connectivity index (χ4v) is 5.38. The van der Waals surface area contributed by atoms with Gasteiger partial charge in [0, 0.05) is 29.0 Å². The lowest BCUT2D eigenvalue weighted by molar-refractivity contribution is -0.217. The Morgan fingerprint density at radius 2 is 1.82 bits per heavy atom. The zero-order valence-corrected chi connectivity index (χ0v) is 22.5. The van der Waals surface area contributed by atoms with Crippen LogP contribution in [-0.2, 0) is 19.6 Å². The molecular weight excluding hydrogens is 516 g/mol. The average molecular weight is 547 g/mol. The summed E-state index contributed by atoms with van der Waals surface area (Å²) < 4.78 is 44.7. The summed E-state index contributed by atoms with van der Waals surface area (Å²) in [7, 11) is -4.09. The number of hydrogen-bond donors (Lipinski definition) is 2. The predicted molar refractivity (Wildman–Crippen MR) is 148 cm³/mol. The number of hydrogen-bond acceptors (Lipinski definition) is 7. The van der Waals surface area contributed by atoms with Crippen LogP contribution in [0.25, 0.3) is 22.2 Å². The van der Waals surface area contributed by atoms with E-state index in [1.54, 1.807) is 31.2 Å². The van der Waals surface area contributed by atoms with E-state index >= 15 is 0 Å². The van der Waals surface area contributed by atoms with Gasteiger partial charge in [-0.25, -0.2) is 0 Å². The van der Waals surface area contributed by atoms with E-state index in [2.05, 4.69) is 11.8 Å². The van der Waals surface area contributed by atoms with Crippen molar-refractivity contribution in [2.45, 2.75) is 49.7 Å². The summed E-state index contributed by atoms with van der Waals surface area (Å²) in [5, 5.41) is 10.7. The van der Waals surface area contributed by atoms with Crippen molar-refractivity contribution < 1.29 is 27.3 Å². The van der Waals surface area contributed by atoms with Gasteiger partial charge in [0.15, 0.2) is 6.29 Å². The first-order chi connectivity index (χ1) is 18.7. The summed E-state index contributed by atoms with van der Waals surface area (Å²) in [5.74, 6) is 6.06. The molecule has 0 spiro atoms. The van der Waals surface area contributed by atoms with Crippen molar-refractivity contribution in [3.05, 3.63) is 90.0 Å². The monoisotopic (exact) mass is 546 g/mol. The molecule has 0 saturated carbocycles. The molecule has 1 fully saturated rings. The number of aliphatic hydroxyl groups excluding tert-OH is 1. The van der Waals surface area contributed by atoms with Crippen LogP contribution in [0, 0.1) is 18.8 Å². The highest BCUT2D eigenvalue weighted by Crippen LogP contribution is 2.29. The Bertz CT molecular complexity index is 1610. The van der Waals surface area contributed by atoms with Gasteiger partial charge in [-0.15, -0.1) is 0 Å². The Hall–Kier alpha value is -3.65. The third-order valence-electron chi connectivity index (χ3n) is 6.63. The number of ether oxygens (including phenoxy) is 2. The van der Waals surface area contributed by atoms with E-state index in [0.29, 0.717) is 17.6 Å². The van der Waals surface area contributed by atoms with E-state index in [1.807, 2.05) is 49.4 Å². The zero-order valence-electron chi connectivity index (χ0n) is 21.7. The quantitative estimate of drug-likeness (QED) is 0.355. The molecule has 0 unspecified atom stereocenters. The van der Waals surface area contributed by atoms with E-state index in [9.17, 15) is 13.5 Å². The Kier molecular flexibility index (Phi) is 7.75. The van der Waals surface area contributed by atoms with Gasteiger partial charge >= 0.3 is 10.1 Å². The largest absolute Gasteiger partial charge is 0.389 e. The molecule has 0 amide bonds. The maximum Gasteiger partial charge on any atom is 0.357 e. The molecule has 4 aromatic rings. The van der Waals surface area contributed by atoms with Crippen molar-refractivity contribution in [1.29, 1.82) is 0 Å². The summed E-state index contributed by atoms with van der Waals surface area (Å²) in [6, 6.07) is 22.9. The molecule has 2 heterocycles. The highest BCUT2D eigenvalue weighted by Gasteiger charge is 2.33. The van der Waals surface area contributed by atoms with Gasteiger partial charge in [0.05, 0.1) is 23.4 Å². The molecule has 202 valence electrons. The molecule has 1 saturated heterocycles. The molecule has 9 heteroatoms. The van der Waals surface area contributed by atoms with Gasteiger partial charge in [-0.05, 0) is 50.2 Å². The lowest BCUT2D eigenvalue weighted by atomic mass is 10.0. The Morgan fingerprint density at radius 1 is 1.08 bits per heavy atom. The third kappa shape index (κ3) is 6.01. The number of aliphatic hydroxyl groups is 1. The number of rotatable bonds is 6. The summed E-state index contributed by atoms with van der Waals surface area (Å²) in [4.78, 5) is 0.0725. The van der Waals surface area contributed by atoms with Crippen molar-refractivity contribution in [3.8, 4) is 23.1 Å². The number of aryl methyl sites for hydroxylation is 1. The van der Waals surface area contributed by atoms with Gasteiger partial charge < -0.3 is 20.3 Å². The van der Waals surface area contributed by atoms with Crippen LogP contribution in [0.4, 0.5) is 0 Å². The molecule has 1 aromatic heterocycles. The van der Waals surface area contributed by atoms with E-state index in [0.717, 1.165) is 22.1 Å². The third-order valence-corrected chi connectivity index (χ3v) is 7.83. The second-order valence-electron chi connectivity index (χ2n) is 9.58. The van der Waals surface area contributed by atoms with Crippen molar-refractivity contribution >= 4 is 21.0 Å². The second-order valence-corrected chi connectivity index (χ2v) is 11.1. The molecule has 0 radical (unpaired) electrons. The van der Waals surface area contributed by atoms with Gasteiger partial charge in [-0.1, -0.05) is 59.9 Å². The van der Waals surface area contributed by atoms with Crippen molar-refractivity contribution in [1.82, 2.24) is 4.73 Å². The van der Waals surface area contributed by atoms with Crippen molar-refractivity contribution in [3.63, 3.8) is 0 Å².